The molecule has 0 radical (unpaired) electrons. The number of aromatic nitrogens is 4. The lowest BCUT2D eigenvalue weighted by Crippen LogP contribution is -2.14. The topological polar surface area (TPSA) is 95.1 Å². The molecule has 31 heavy (non-hydrogen) atoms. The molecule has 1 amide bonds. The van der Waals surface area contributed by atoms with Crippen molar-refractivity contribution < 1.29 is 14.1 Å². The second kappa shape index (κ2) is 9.71. The van der Waals surface area contributed by atoms with E-state index in [9.17, 15) is 4.79 Å². The van der Waals surface area contributed by atoms with Gasteiger partial charge in [-0.2, -0.15) is 10.1 Å². The van der Waals surface area contributed by atoms with Crippen molar-refractivity contribution in [1.82, 2.24) is 19.9 Å². The van der Waals surface area contributed by atoms with E-state index in [0.717, 1.165) is 22.6 Å². The van der Waals surface area contributed by atoms with Crippen LogP contribution >= 0.6 is 0 Å². The normalized spacial score (nSPS) is 10.7. The molecule has 0 bridgehead atoms. The quantitative estimate of drug-likeness (QED) is 0.443. The Morgan fingerprint density at radius 2 is 1.97 bits per heavy atom. The zero-order valence-corrected chi connectivity index (χ0v) is 17.2. The lowest BCUT2D eigenvalue weighted by atomic mass is 10.1. The van der Waals surface area contributed by atoms with Crippen LogP contribution in [-0.4, -0.2) is 32.4 Å². The number of para-hydroxylation sites is 1. The molecule has 0 saturated carbocycles. The Morgan fingerprint density at radius 3 is 2.74 bits per heavy atom. The van der Waals surface area contributed by atoms with E-state index in [1.54, 1.807) is 6.20 Å². The van der Waals surface area contributed by atoms with Gasteiger partial charge in [-0.05, 0) is 48.9 Å². The molecular weight excluding hydrogens is 394 g/mol. The smallest absolute Gasteiger partial charge is 0.227 e. The van der Waals surface area contributed by atoms with Crippen LogP contribution in [0.15, 0.2) is 71.5 Å². The molecule has 8 nitrogen and oxygen atoms in total. The number of nitrogens with one attached hydrogen (secondary N) is 1. The van der Waals surface area contributed by atoms with Crippen molar-refractivity contribution in [3.8, 4) is 17.1 Å². The Hall–Kier alpha value is -3.94. The number of anilines is 1. The van der Waals surface area contributed by atoms with E-state index >= 15 is 0 Å². The predicted octanol–water partition coefficient (Wildman–Crippen LogP) is 3.95. The maximum Gasteiger partial charge on any atom is 0.227 e. The highest BCUT2D eigenvalue weighted by atomic mass is 16.5. The number of benzene rings is 2. The Morgan fingerprint density at radius 1 is 1.13 bits per heavy atom. The number of hydrogen-bond acceptors (Lipinski definition) is 6. The first-order valence-electron chi connectivity index (χ1n) is 10.1. The minimum absolute atomic E-state index is 0.117. The summed E-state index contributed by atoms with van der Waals surface area (Å²) in [6.07, 6.45) is 4.21. The SMILES string of the molecule is CCOc1ccc(-c2noc(CCC(=O)Nc3ccccc3Cn3cccn3)n2)cc1. The van der Waals surface area contributed by atoms with E-state index in [-0.39, 0.29) is 12.3 Å². The fraction of sp³-hybridized carbons (Fsp3) is 0.217. The first-order valence-corrected chi connectivity index (χ1v) is 10.1. The van der Waals surface area contributed by atoms with Crippen LogP contribution in [0.3, 0.4) is 0 Å². The largest absolute Gasteiger partial charge is 0.494 e. The zero-order chi connectivity index (χ0) is 21.5. The van der Waals surface area contributed by atoms with Gasteiger partial charge in [0.25, 0.3) is 0 Å². The van der Waals surface area contributed by atoms with E-state index in [0.29, 0.717) is 31.3 Å². The maximum absolute atomic E-state index is 12.5. The lowest BCUT2D eigenvalue weighted by molar-refractivity contribution is -0.116. The van der Waals surface area contributed by atoms with Crippen LogP contribution in [0, 0.1) is 0 Å². The summed E-state index contributed by atoms with van der Waals surface area (Å²) in [5, 5.41) is 11.2. The molecule has 8 heteroatoms. The van der Waals surface area contributed by atoms with Crippen LogP contribution in [0.2, 0.25) is 0 Å². The van der Waals surface area contributed by atoms with Gasteiger partial charge in [-0.3, -0.25) is 9.48 Å². The molecule has 2 heterocycles. The summed E-state index contributed by atoms with van der Waals surface area (Å²) >= 11 is 0. The molecular formula is C23H23N5O3. The first-order chi connectivity index (χ1) is 15.2. The number of hydrogen-bond donors (Lipinski definition) is 1. The van der Waals surface area contributed by atoms with Gasteiger partial charge >= 0.3 is 0 Å². The van der Waals surface area contributed by atoms with Gasteiger partial charge in [0.15, 0.2) is 0 Å². The molecule has 0 saturated heterocycles. The van der Waals surface area contributed by atoms with Crippen molar-refractivity contribution in [1.29, 1.82) is 0 Å². The molecule has 0 atom stereocenters. The van der Waals surface area contributed by atoms with Crippen LogP contribution in [0.1, 0.15) is 24.8 Å². The van der Waals surface area contributed by atoms with Gasteiger partial charge in [0, 0.05) is 36.5 Å². The number of carbonyl (C=O) groups is 1. The summed E-state index contributed by atoms with van der Waals surface area (Å²) in [6.45, 7) is 3.13. The fourth-order valence-electron chi connectivity index (χ4n) is 3.12. The molecule has 0 spiro atoms. The van der Waals surface area contributed by atoms with Crippen LogP contribution in [-0.2, 0) is 17.8 Å². The molecule has 0 unspecified atom stereocenters. The Balaban J connectivity index is 1.34. The van der Waals surface area contributed by atoms with Gasteiger partial charge in [0.1, 0.15) is 5.75 Å². The molecule has 158 valence electrons. The number of amides is 1. The minimum atomic E-state index is -0.117. The van der Waals surface area contributed by atoms with Crippen LogP contribution < -0.4 is 10.1 Å². The summed E-state index contributed by atoms with van der Waals surface area (Å²) < 4.78 is 12.6. The van der Waals surface area contributed by atoms with Gasteiger partial charge in [-0.15, -0.1) is 0 Å². The van der Waals surface area contributed by atoms with Crippen molar-refractivity contribution in [3.63, 3.8) is 0 Å². The van der Waals surface area contributed by atoms with Crippen molar-refractivity contribution in [3.05, 3.63) is 78.4 Å². The Labute approximate surface area is 179 Å². The highest BCUT2D eigenvalue weighted by Crippen LogP contribution is 2.21. The average molecular weight is 417 g/mol. The second-order valence-corrected chi connectivity index (χ2v) is 6.88. The van der Waals surface area contributed by atoms with Crippen molar-refractivity contribution in [2.24, 2.45) is 0 Å². The minimum Gasteiger partial charge on any atom is -0.494 e. The first kappa shape index (κ1) is 20.3. The molecule has 0 aliphatic heterocycles. The second-order valence-electron chi connectivity index (χ2n) is 6.88. The fourth-order valence-corrected chi connectivity index (χ4v) is 3.12. The molecule has 2 aromatic heterocycles. The number of rotatable bonds is 9. The van der Waals surface area contributed by atoms with Gasteiger partial charge in [0.2, 0.25) is 17.6 Å². The molecule has 4 rings (SSSR count). The summed E-state index contributed by atoms with van der Waals surface area (Å²) in [4.78, 5) is 16.9. The third-order valence-corrected chi connectivity index (χ3v) is 4.64. The molecule has 2 aromatic carbocycles. The van der Waals surface area contributed by atoms with Crippen LogP contribution in [0.4, 0.5) is 5.69 Å². The standard InChI is InChI=1S/C23H23N5O3/c1-2-30-19-10-8-17(9-11-19)23-26-22(31-27-23)13-12-21(29)25-20-7-4-3-6-18(20)16-28-15-5-14-24-28/h3-11,14-15H,2,12-13,16H2,1H3,(H,25,29). The molecule has 0 aliphatic rings. The van der Waals surface area contributed by atoms with Crippen LogP contribution in [0.5, 0.6) is 5.75 Å². The molecule has 4 aromatic rings. The highest BCUT2D eigenvalue weighted by Gasteiger charge is 2.12. The van der Waals surface area contributed by atoms with E-state index in [1.807, 2.05) is 72.4 Å². The zero-order valence-electron chi connectivity index (χ0n) is 17.2. The lowest BCUT2D eigenvalue weighted by Gasteiger charge is -2.11. The Bertz CT molecular complexity index is 1120. The van der Waals surface area contributed by atoms with Crippen molar-refractivity contribution >= 4 is 11.6 Å². The van der Waals surface area contributed by atoms with E-state index in [1.165, 1.54) is 0 Å². The predicted molar refractivity (Wildman–Crippen MR) is 116 cm³/mol. The number of nitrogens with zero attached hydrogens (tertiary/aromatic N) is 4. The summed E-state index contributed by atoms with van der Waals surface area (Å²) in [7, 11) is 0. The summed E-state index contributed by atoms with van der Waals surface area (Å²) in [5.74, 6) is 1.58. The van der Waals surface area contributed by atoms with Gasteiger partial charge in [-0.25, -0.2) is 0 Å². The van der Waals surface area contributed by atoms with Gasteiger partial charge in [0.05, 0.1) is 13.2 Å². The highest BCUT2D eigenvalue weighted by molar-refractivity contribution is 5.91. The average Bonchev–Trinajstić information content (AvgIpc) is 3.47. The third-order valence-electron chi connectivity index (χ3n) is 4.64. The van der Waals surface area contributed by atoms with Gasteiger partial charge in [-0.1, -0.05) is 23.4 Å². The van der Waals surface area contributed by atoms with Crippen LogP contribution in [0.25, 0.3) is 11.4 Å². The van der Waals surface area contributed by atoms with E-state index < -0.39 is 0 Å². The summed E-state index contributed by atoms with van der Waals surface area (Å²) in [5.41, 5.74) is 2.58. The van der Waals surface area contributed by atoms with Gasteiger partial charge < -0.3 is 14.6 Å². The molecule has 1 N–H and O–H groups in total. The Kier molecular flexibility index (Phi) is 6.37. The molecule has 0 aliphatic carbocycles. The van der Waals surface area contributed by atoms with Crippen molar-refractivity contribution in [2.75, 3.05) is 11.9 Å². The van der Waals surface area contributed by atoms with Crippen molar-refractivity contribution in [2.45, 2.75) is 26.3 Å². The number of ether oxygens (including phenoxy) is 1. The molecule has 0 fully saturated rings. The number of carbonyl (C=O) groups excluding carboxylic acids is 1. The van der Waals surface area contributed by atoms with E-state index in [2.05, 4.69) is 20.6 Å². The summed E-state index contributed by atoms with van der Waals surface area (Å²) in [6, 6.07) is 17.0. The number of aryl methyl sites for hydroxylation is 1. The van der Waals surface area contributed by atoms with E-state index in [4.69, 9.17) is 9.26 Å². The third kappa shape index (κ3) is 5.36. The monoisotopic (exact) mass is 417 g/mol. The maximum atomic E-state index is 12.5.